The predicted octanol–water partition coefficient (Wildman–Crippen LogP) is -0.0900. The molecular formula is C9H22N4O2. The molecule has 15 heavy (non-hydrogen) atoms. The number of alkyl carbamates (subject to hydrolysis) is 1. The number of carbonyl (C=O) groups is 1. The molecule has 5 N–H and O–H groups in total. The van der Waals surface area contributed by atoms with Crippen molar-refractivity contribution >= 4 is 6.09 Å². The van der Waals surface area contributed by atoms with Crippen molar-refractivity contribution in [2.24, 2.45) is 5.73 Å². The minimum Gasteiger partial charge on any atom is -0.444 e. The summed E-state index contributed by atoms with van der Waals surface area (Å²) >= 11 is 0. The van der Waals surface area contributed by atoms with E-state index < -0.39 is 11.7 Å². The van der Waals surface area contributed by atoms with Crippen molar-refractivity contribution in [1.82, 2.24) is 16.2 Å². The van der Waals surface area contributed by atoms with Crippen LogP contribution in [-0.4, -0.2) is 30.9 Å². The molecule has 0 aliphatic carbocycles. The Balaban J connectivity index is 3.40. The number of ether oxygens (including phenoxy) is 1. The summed E-state index contributed by atoms with van der Waals surface area (Å²) in [5, 5.41) is 2.61. The maximum Gasteiger partial charge on any atom is 0.407 e. The summed E-state index contributed by atoms with van der Waals surface area (Å²) < 4.78 is 5.04. The lowest BCUT2D eigenvalue weighted by molar-refractivity contribution is 0.0528. The van der Waals surface area contributed by atoms with Gasteiger partial charge in [0.05, 0.1) is 6.17 Å². The van der Waals surface area contributed by atoms with E-state index >= 15 is 0 Å². The second kappa shape index (κ2) is 6.60. The van der Waals surface area contributed by atoms with Crippen LogP contribution in [0, 0.1) is 0 Å². The van der Waals surface area contributed by atoms with Gasteiger partial charge in [0.2, 0.25) is 0 Å². The topological polar surface area (TPSA) is 88.4 Å². The number of rotatable bonds is 5. The molecule has 0 rings (SSSR count). The summed E-state index contributed by atoms with van der Waals surface area (Å²) in [6, 6.07) is 0. The molecule has 6 nitrogen and oxygen atoms in total. The Hall–Kier alpha value is -0.850. The third-order valence-corrected chi connectivity index (χ3v) is 1.25. The molecule has 0 aromatic carbocycles. The van der Waals surface area contributed by atoms with Gasteiger partial charge in [-0.25, -0.2) is 10.2 Å². The monoisotopic (exact) mass is 218 g/mol. The van der Waals surface area contributed by atoms with Crippen molar-refractivity contribution in [3.05, 3.63) is 0 Å². The van der Waals surface area contributed by atoms with Gasteiger partial charge in [0.15, 0.2) is 0 Å². The first kappa shape index (κ1) is 14.2. The van der Waals surface area contributed by atoms with Crippen molar-refractivity contribution in [1.29, 1.82) is 0 Å². The fourth-order valence-electron chi connectivity index (χ4n) is 0.774. The second-order valence-electron chi connectivity index (χ2n) is 4.29. The number of nitrogens with one attached hydrogen (secondary N) is 3. The molecule has 0 aliphatic heterocycles. The molecule has 90 valence electrons. The summed E-state index contributed by atoms with van der Waals surface area (Å²) in [5.41, 5.74) is 10.6. The minimum absolute atomic E-state index is 0.119. The summed E-state index contributed by atoms with van der Waals surface area (Å²) in [5.74, 6) is 0. The third kappa shape index (κ3) is 11.1. The number of hydrogen-bond acceptors (Lipinski definition) is 5. The van der Waals surface area contributed by atoms with Gasteiger partial charge in [-0.3, -0.25) is 5.43 Å². The zero-order valence-electron chi connectivity index (χ0n) is 9.89. The van der Waals surface area contributed by atoms with Crippen molar-refractivity contribution in [2.75, 3.05) is 13.1 Å². The molecule has 0 radical (unpaired) electrons. The first-order chi connectivity index (χ1) is 6.81. The maximum absolute atomic E-state index is 11.1. The van der Waals surface area contributed by atoms with E-state index in [0.29, 0.717) is 13.1 Å². The SMILES string of the molecule is CC(N)NNCCNC(=O)OC(C)(C)C. The van der Waals surface area contributed by atoms with E-state index in [-0.39, 0.29) is 6.17 Å². The van der Waals surface area contributed by atoms with E-state index in [0.717, 1.165) is 0 Å². The lowest BCUT2D eigenvalue weighted by atomic mass is 10.2. The molecule has 0 fully saturated rings. The van der Waals surface area contributed by atoms with E-state index in [1.165, 1.54) is 0 Å². The lowest BCUT2D eigenvalue weighted by Gasteiger charge is -2.19. The van der Waals surface area contributed by atoms with E-state index in [2.05, 4.69) is 16.2 Å². The molecule has 6 heteroatoms. The Kier molecular flexibility index (Phi) is 6.23. The number of amides is 1. The highest BCUT2D eigenvalue weighted by molar-refractivity contribution is 5.67. The van der Waals surface area contributed by atoms with Crippen LogP contribution in [0.15, 0.2) is 0 Å². The number of nitrogens with two attached hydrogens (primary N) is 1. The van der Waals surface area contributed by atoms with Crippen LogP contribution in [0.1, 0.15) is 27.7 Å². The lowest BCUT2D eigenvalue weighted by Crippen LogP contribution is -2.47. The molecule has 1 unspecified atom stereocenters. The van der Waals surface area contributed by atoms with Crippen molar-refractivity contribution in [2.45, 2.75) is 39.5 Å². The average molecular weight is 218 g/mol. The van der Waals surface area contributed by atoms with Gasteiger partial charge in [0.25, 0.3) is 0 Å². The number of carbonyl (C=O) groups excluding carboxylic acids is 1. The van der Waals surface area contributed by atoms with E-state index in [4.69, 9.17) is 10.5 Å². The van der Waals surface area contributed by atoms with Gasteiger partial charge < -0.3 is 15.8 Å². The first-order valence-corrected chi connectivity index (χ1v) is 5.02. The first-order valence-electron chi connectivity index (χ1n) is 5.02. The van der Waals surface area contributed by atoms with Crippen molar-refractivity contribution < 1.29 is 9.53 Å². The smallest absolute Gasteiger partial charge is 0.407 e. The highest BCUT2D eigenvalue weighted by atomic mass is 16.6. The van der Waals surface area contributed by atoms with Crippen molar-refractivity contribution in [3.63, 3.8) is 0 Å². The van der Waals surface area contributed by atoms with Gasteiger partial charge >= 0.3 is 6.09 Å². The molecule has 0 aromatic heterocycles. The molecule has 0 aliphatic rings. The molecule has 0 aromatic rings. The molecule has 0 spiro atoms. The normalized spacial score (nSPS) is 13.4. The van der Waals surface area contributed by atoms with E-state index in [9.17, 15) is 4.79 Å². The van der Waals surface area contributed by atoms with Crippen LogP contribution in [-0.2, 0) is 4.74 Å². The zero-order chi connectivity index (χ0) is 11.9. The van der Waals surface area contributed by atoms with Gasteiger partial charge in [0.1, 0.15) is 5.60 Å². The fraction of sp³-hybridized carbons (Fsp3) is 0.889. The van der Waals surface area contributed by atoms with Gasteiger partial charge in [-0.2, -0.15) is 0 Å². The summed E-state index contributed by atoms with van der Waals surface area (Å²) in [7, 11) is 0. The third-order valence-electron chi connectivity index (χ3n) is 1.25. The minimum atomic E-state index is -0.457. The zero-order valence-corrected chi connectivity index (χ0v) is 9.89. The summed E-state index contributed by atoms with van der Waals surface area (Å²) in [4.78, 5) is 11.1. The second-order valence-corrected chi connectivity index (χ2v) is 4.29. The Bertz CT molecular complexity index is 189. The number of hydrazine groups is 1. The Morgan fingerprint density at radius 2 is 2.00 bits per heavy atom. The molecular weight excluding hydrogens is 196 g/mol. The maximum atomic E-state index is 11.1. The highest BCUT2D eigenvalue weighted by Crippen LogP contribution is 2.05. The van der Waals surface area contributed by atoms with Crippen LogP contribution in [0.5, 0.6) is 0 Å². The average Bonchev–Trinajstić information content (AvgIpc) is 1.99. The van der Waals surface area contributed by atoms with Crippen LogP contribution in [0.25, 0.3) is 0 Å². The molecule has 1 amide bonds. The highest BCUT2D eigenvalue weighted by Gasteiger charge is 2.15. The van der Waals surface area contributed by atoms with Gasteiger partial charge in [0, 0.05) is 13.1 Å². The van der Waals surface area contributed by atoms with E-state index in [1.54, 1.807) is 0 Å². The Morgan fingerprint density at radius 3 is 2.47 bits per heavy atom. The Morgan fingerprint density at radius 1 is 1.40 bits per heavy atom. The van der Waals surface area contributed by atoms with Gasteiger partial charge in [-0.1, -0.05) is 0 Å². The van der Waals surface area contributed by atoms with Crippen LogP contribution in [0.4, 0.5) is 4.79 Å². The predicted molar refractivity (Wildman–Crippen MR) is 59.0 cm³/mol. The van der Waals surface area contributed by atoms with Gasteiger partial charge in [-0.05, 0) is 27.7 Å². The van der Waals surface area contributed by atoms with E-state index in [1.807, 2.05) is 27.7 Å². The fourth-order valence-corrected chi connectivity index (χ4v) is 0.774. The van der Waals surface area contributed by atoms with Crippen LogP contribution < -0.4 is 21.9 Å². The standard InChI is InChI=1S/C9H22N4O2/c1-7(10)13-12-6-5-11-8(14)15-9(2,3)4/h7,12-13H,5-6,10H2,1-4H3,(H,11,14). The van der Waals surface area contributed by atoms with Gasteiger partial charge in [-0.15, -0.1) is 0 Å². The van der Waals surface area contributed by atoms with Crippen LogP contribution in [0.2, 0.25) is 0 Å². The molecule has 0 saturated heterocycles. The molecule has 0 heterocycles. The molecule has 1 atom stereocenters. The van der Waals surface area contributed by atoms with Crippen LogP contribution in [0.3, 0.4) is 0 Å². The largest absolute Gasteiger partial charge is 0.444 e. The summed E-state index contributed by atoms with van der Waals surface area (Å²) in [6.45, 7) is 8.34. The molecule has 0 saturated carbocycles. The molecule has 0 bridgehead atoms. The summed E-state index contributed by atoms with van der Waals surface area (Å²) in [6.07, 6.45) is -0.531. The van der Waals surface area contributed by atoms with Crippen molar-refractivity contribution in [3.8, 4) is 0 Å². The quantitative estimate of drug-likeness (QED) is 0.294. The number of hydrogen-bond donors (Lipinski definition) is 4. The Labute approximate surface area is 90.9 Å². The van der Waals surface area contributed by atoms with Crippen LogP contribution >= 0.6 is 0 Å².